The van der Waals surface area contributed by atoms with Crippen molar-refractivity contribution in [2.24, 2.45) is 0 Å². The van der Waals surface area contributed by atoms with E-state index in [4.69, 9.17) is 9.47 Å². The first kappa shape index (κ1) is 23.3. The molecule has 0 aromatic heterocycles. The molecule has 0 aliphatic rings. The third kappa shape index (κ3) is 5.29. The molecule has 3 aromatic rings. The third-order valence-corrected chi connectivity index (χ3v) is 7.99. The molecule has 3 nitrogen and oxygen atoms in total. The van der Waals surface area contributed by atoms with Crippen molar-refractivity contribution in [3.63, 3.8) is 0 Å². The lowest BCUT2D eigenvalue weighted by Crippen LogP contribution is -2.23. The Kier molecular flexibility index (Phi) is 7.75. The summed E-state index contributed by atoms with van der Waals surface area (Å²) in [7, 11) is 2.17. The van der Waals surface area contributed by atoms with Gasteiger partial charge < -0.3 is 14.6 Å². The van der Waals surface area contributed by atoms with E-state index in [1.54, 1.807) is 7.11 Å². The molecule has 0 radical (unpaired) electrons. The number of ether oxygens (including phenoxy) is 2. The minimum Gasteiger partial charge on any atom is -0.493 e. The summed E-state index contributed by atoms with van der Waals surface area (Å²) in [5, 5.41) is 11.5. The summed E-state index contributed by atoms with van der Waals surface area (Å²) in [6, 6.07) is 22.5. The van der Waals surface area contributed by atoms with Crippen LogP contribution in [0.5, 0.6) is 11.5 Å². The Labute approximate surface area is 188 Å². The standard InChI is InChI=1S/C27H33O3P/c1-6-27(4,31-26-19(2)12-10-15-22(26)20(3)28)23-16-11-17-24(29-5)25(23)30-18-21-13-8-7-9-14-21/h7-17,20,28,31H,6,18H2,1-5H3. The molecule has 0 heterocycles. The molecule has 0 saturated heterocycles. The lowest BCUT2D eigenvalue weighted by Gasteiger charge is -2.33. The Hall–Kier alpha value is -2.35. The van der Waals surface area contributed by atoms with Gasteiger partial charge in [-0.05, 0) is 48.3 Å². The van der Waals surface area contributed by atoms with Crippen molar-refractivity contribution in [1.29, 1.82) is 0 Å². The fraction of sp³-hybridized carbons (Fsp3) is 0.333. The van der Waals surface area contributed by atoms with Crippen LogP contribution in [0.2, 0.25) is 0 Å². The highest BCUT2D eigenvalue weighted by Crippen LogP contribution is 2.50. The summed E-state index contributed by atoms with van der Waals surface area (Å²) in [4.78, 5) is 0. The molecule has 3 atom stereocenters. The Morgan fingerprint density at radius 3 is 2.35 bits per heavy atom. The molecule has 0 saturated carbocycles. The SMILES string of the molecule is CCC(C)(Pc1c(C)cccc1C(C)O)c1cccc(OC)c1OCc1ccccc1. The van der Waals surface area contributed by atoms with Crippen molar-refractivity contribution in [3.8, 4) is 11.5 Å². The fourth-order valence-corrected chi connectivity index (χ4v) is 5.60. The number of hydrogen-bond donors (Lipinski definition) is 1. The Balaban J connectivity index is 2.03. The van der Waals surface area contributed by atoms with Crippen LogP contribution in [0, 0.1) is 6.92 Å². The average molecular weight is 437 g/mol. The first-order chi connectivity index (χ1) is 14.9. The minimum absolute atomic E-state index is 0.156. The molecule has 3 unspecified atom stereocenters. The maximum Gasteiger partial charge on any atom is 0.165 e. The molecule has 1 N–H and O–H groups in total. The van der Waals surface area contributed by atoms with E-state index < -0.39 is 6.10 Å². The quantitative estimate of drug-likeness (QED) is 0.402. The monoisotopic (exact) mass is 436 g/mol. The van der Waals surface area contributed by atoms with E-state index >= 15 is 0 Å². The summed E-state index contributed by atoms with van der Waals surface area (Å²) < 4.78 is 12.1. The van der Waals surface area contributed by atoms with Gasteiger partial charge >= 0.3 is 0 Å². The summed E-state index contributed by atoms with van der Waals surface area (Å²) in [5.74, 6) is 1.55. The number of methoxy groups -OCH3 is 1. The Morgan fingerprint density at radius 2 is 1.71 bits per heavy atom. The van der Waals surface area contributed by atoms with Crippen LogP contribution < -0.4 is 14.8 Å². The van der Waals surface area contributed by atoms with Gasteiger partial charge in [-0.15, -0.1) is 0 Å². The predicted molar refractivity (Wildman–Crippen MR) is 131 cm³/mol. The van der Waals surface area contributed by atoms with Gasteiger partial charge in [0.2, 0.25) is 0 Å². The first-order valence-corrected chi connectivity index (χ1v) is 11.8. The number of hydrogen-bond acceptors (Lipinski definition) is 3. The predicted octanol–water partition coefficient (Wildman–Crippen LogP) is 6.27. The van der Waals surface area contributed by atoms with Crippen LogP contribution in [-0.4, -0.2) is 12.2 Å². The smallest absolute Gasteiger partial charge is 0.165 e. The lowest BCUT2D eigenvalue weighted by atomic mass is 9.96. The molecule has 164 valence electrons. The molecule has 0 aliphatic carbocycles. The number of para-hydroxylation sites is 1. The average Bonchev–Trinajstić information content (AvgIpc) is 2.79. The van der Waals surface area contributed by atoms with E-state index in [0.717, 1.165) is 34.6 Å². The summed E-state index contributed by atoms with van der Waals surface area (Å²) >= 11 is 0. The van der Waals surface area contributed by atoms with Crippen LogP contribution in [0.4, 0.5) is 0 Å². The molecule has 0 fully saturated rings. The van der Waals surface area contributed by atoms with Gasteiger partial charge in [-0.3, -0.25) is 0 Å². The van der Waals surface area contributed by atoms with Gasteiger partial charge in [-0.2, -0.15) is 0 Å². The summed E-state index contributed by atoms with van der Waals surface area (Å²) in [5.41, 5.74) is 4.48. The maximum atomic E-state index is 10.4. The highest BCUT2D eigenvalue weighted by molar-refractivity contribution is 7.48. The largest absolute Gasteiger partial charge is 0.493 e. The van der Waals surface area contributed by atoms with Gasteiger partial charge in [-0.25, -0.2) is 0 Å². The molecule has 0 amide bonds. The van der Waals surface area contributed by atoms with Crippen LogP contribution in [-0.2, 0) is 11.8 Å². The zero-order valence-corrected chi connectivity index (χ0v) is 20.1. The first-order valence-electron chi connectivity index (χ1n) is 10.8. The van der Waals surface area contributed by atoms with Gasteiger partial charge in [0, 0.05) is 10.7 Å². The lowest BCUT2D eigenvalue weighted by molar-refractivity contribution is 0.200. The van der Waals surface area contributed by atoms with Crippen molar-refractivity contribution in [3.05, 3.63) is 89.0 Å². The number of benzene rings is 3. The van der Waals surface area contributed by atoms with Gasteiger partial charge in [0.05, 0.1) is 13.2 Å². The molecule has 31 heavy (non-hydrogen) atoms. The highest BCUT2D eigenvalue weighted by atomic mass is 31.1. The molecule has 3 rings (SSSR count). The van der Waals surface area contributed by atoms with E-state index in [2.05, 4.69) is 45.0 Å². The van der Waals surface area contributed by atoms with Crippen molar-refractivity contribution in [1.82, 2.24) is 0 Å². The van der Waals surface area contributed by atoms with Crippen LogP contribution in [0.25, 0.3) is 0 Å². The van der Waals surface area contributed by atoms with E-state index in [-0.39, 0.29) is 5.16 Å². The second kappa shape index (κ2) is 10.3. The zero-order chi connectivity index (χ0) is 22.4. The van der Waals surface area contributed by atoms with E-state index in [9.17, 15) is 5.11 Å². The van der Waals surface area contributed by atoms with Gasteiger partial charge in [0.15, 0.2) is 11.5 Å². The van der Waals surface area contributed by atoms with Crippen LogP contribution >= 0.6 is 8.58 Å². The third-order valence-electron chi connectivity index (χ3n) is 5.88. The second-order valence-electron chi connectivity index (χ2n) is 8.14. The number of aliphatic hydroxyl groups excluding tert-OH is 1. The zero-order valence-electron chi connectivity index (χ0n) is 19.1. The Morgan fingerprint density at radius 1 is 1.00 bits per heavy atom. The van der Waals surface area contributed by atoms with Crippen LogP contribution in [0.1, 0.15) is 55.5 Å². The fourth-order valence-electron chi connectivity index (χ4n) is 3.82. The second-order valence-corrected chi connectivity index (χ2v) is 9.99. The van der Waals surface area contributed by atoms with Crippen molar-refractivity contribution in [2.45, 2.75) is 52.0 Å². The van der Waals surface area contributed by atoms with E-state index in [1.165, 1.54) is 10.9 Å². The number of aliphatic hydroxyl groups is 1. The molecular formula is C27H33O3P. The molecule has 4 heteroatoms. The highest BCUT2D eigenvalue weighted by Gasteiger charge is 2.32. The summed E-state index contributed by atoms with van der Waals surface area (Å²) in [6.07, 6.45) is 0.441. The van der Waals surface area contributed by atoms with Crippen molar-refractivity contribution >= 4 is 13.9 Å². The minimum atomic E-state index is -0.498. The van der Waals surface area contributed by atoms with Crippen molar-refractivity contribution < 1.29 is 14.6 Å². The molecule has 0 aliphatic heterocycles. The van der Waals surface area contributed by atoms with E-state index in [0.29, 0.717) is 15.2 Å². The summed E-state index contributed by atoms with van der Waals surface area (Å²) in [6.45, 7) is 8.96. The van der Waals surface area contributed by atoms with Gasteiger partial charge in [0.1, 0.15) is 6.61 Å². The molecular weight excluding hydrogens is 403 g/mol. The molecule has 0 spiro atoms. The van der Waals surface area contributed by atoms with Crippen LogP contribution in [0.15, 0.2) is 66.7 Å². The Bertz CT molecular complexity index is 1000. The van der Waals surface area contributed by atoms with Gasteiger partial charge in [0.25, 0.3) is 0 Å². The van der Waals surface area contributed by atoms with Crippen molar-refractivity contribution in [2.75, 3.05) is 7.11 Å². The normalized spacial score (nSPS) is 14.4. The van der Waals surface area contributed by atoms with Crippen LogP contribution in [0.3, 0.4) is 0 Å². The molecule has 3 aromatic carbocycles. The maximum absolute atomic E-state index is 10.4. The number of aryl methyl sites for hydroxylation is 1. The number of rotatable bonds is 9. The topological polar surface area (TPSA) is 38.7 Å². The van der Waals surface area contributed by atoms with Gasteiger partial charge in [-0.1, -0.05) is 83.1 Å². The molecule has 0 bridgehead atoms. The van der Waals surface area contributed by atoms with E-state index in [1.807, 2.05) is 49.4 Å².